The molecule has 0 aliphatic carbocycles. The summed E-state index contributed by atoms with van der Waals surface area (Å²) in [6.07, 6.45) is 0. The molecule has 0 aromatic heterocycles. The molecule has 0 saturated heterocycles. The second-order valence-corrected chi connectivity index (χ2v) is 4.70. The summed E-state index contributed by atoms with van der Waals surface area (Å²) in [5.41, 5.74) is 1.47. The number of rotatable bonds is 7. The highest BCUT2D eigenvalue weighted by molar-refractivity contribution is 6.59. The van der Waals surface area contributed by atoms with E-state index in [-0.39, 0.29) is 13.4 Å². The number of hydrogen-bond donors (Lipinski definition) is 2. The van der Waals surface area contributed by atoms with Crippen molar-refractivity contribution in [3.63, 3.8) is 0 Å². The molecule has 0 spiro atoms. The molecular formula is C16H16BNO5. The van der Waals surface area contributed by atoms with Gasteiger partial charge in [-0.05, 0) is 35.3 Å². The maximum absolute atomic E-state index is 9.40. The van der Waals surface area contributed by atoms with Crippen molar-refractivity contribution in [1.82, 2.24) is 0 Å². The third-order valence-electron chi connectivity index (χ3n) is 3.05. The van der Waals surface area contributed by atoms with Crippen molar-refractivity contribution in [1.29, 1.82) is 0 Å². The van der Waals surface area contributed by atoms with E-state index in [1.807, 2.05) is 0 Å². The second-order valence-electron chi connectivity index (χ2n) is 4.70. The third kappa shape index (κ3) is 4.81. The molecule has 0 amide bonds. The van der Waals surface area contributed by atoms with Crippen LogP contribution in [0.1, 0.15) is 5.56 Å². The van der Waals surface area contributed by atoms with E-state index in [1.54, 1.807) is 42.5 Å². The molecule has 0 atom stereocenters. The molecule has 2 N–H and O–H groups in total. The lowest BCUT2D eigenvalue weighted by atomic mass is 9.77. The van der Waals surface area contributed by atoms with Crippen LogP contribution in [0.2, 0.25) is 0 Å². The van der Waals surface area contributed by atoms with Crippen molar-refractivity contribution in [2.45, 2.75) is 6.61 Å². The van der Waals surface area contributed by atoms with Gasteiger partial charge in [-0.25, -0.2) is 4.85 Å². The first kappa shape index (κ1) is 17.0. The Morgan fingerprint density at radius 1 is 1.09 bits per heavy atom. The molecule has 2 aromatic carbocycles. The summed E-state index contributed by atoms with van der Waals surface area (Å²) < 4.78 is 15.8. The monoisotopic (exact) mass is 313 g/mol. The standard InChI is InChI=1S/C16H16BNO5/c1-18-13-3-5-14(6-4-13)23-15-7-8-16(17(19)20)12(9-15)10-22-11-21-2/h3-9,19-20H,10-11H2,2H3. The number of benzene rings is 2. The van der Waals surface area contributed by atoms with Gasteiger partial charge in [-0.3, -0.25) is 0 Å². The predicted octanol–water partition coefficient (Wildman–Crippen LogP) is 1.83. The summed E-state index contributed by atoms with van der Waals surface area (Å²) in [7, 11) is -0.0862. The zero-order valence-corrected chi connectivity index (χ0v) is 12.6. The Kier molecular flexibility index (Phi) is 6.14. The molecule has 0 aliphatic rings. The van der Waals surface area contributed by atoms with Gasteiger partial charge >= 0.3 is 7.12 Å². The molecule has 0 saturated carbocycles. The van der Waals surface area contributed by atoms with Crippen molar-refractivity contribution in [2.75, 3.05) is 13.9 Å². The van der Waals surface area contributed by atoms with Gasteiger partial charge in [0.15, 0.2) is 5.69 Å². The summed E-state index contributed by atoms with van der Waals surface area (Å²) in [5, 5.41) is 18.8. The zero-order valence-electron chi connectivity index (χ0n) is 12.6. The Morgan fingerprint density at radius 3 is 2.39 bits per heavy atom. The van der Waals surface area contributed by atoms with Gasteiger partial charge < -0.3 is 24.3 Å². The fraction of sp³-hybridized carbons (Fsp3) is 0.188. The molecule has 0 fully saturated rings. The van der Waals surface area contributed by atoms with E-state index in [9.17, 15) is 10.0 Å². The second kappa shape index (κ2) is 8.32. The first-order chi connectivity index (χ1) is 11.1. The molecule has 2 rings (SSSR count). The minimum absolute atomic E-state index is 0.101. The Bertz CT molecular complexity index is 682. The van der Waals surface area contributed by atoms with Crippen molar-refractivity contribution in [2.24, 2.45) is 0 Å². The lowest BCUT2D eigenvalue weighted by Gasteiger charge is -2.12. The highest BCUT2D eigenvalue weighted by atomic mass is 16.7. The molecule has 0 radical (unpaired) electrons. The van der Waals surface area contributed by atoms with Crippen LogP contribution < -0.4 is 10.2 Å². The average Bonchev–Trinajstić information content (AvgIpc) is 2.56. The Balaban J connectivity index is 2.18. The summed E-state index contributed by atoms with van der Waals surface area (Å²) in [5.74, 6) is 1.11. The topological polar surface area (TPSA) is 72.5 Å². The molecule has 23 heavy (non-hydrogen) atoms. The molecule has 0 unspecified atom stereocenters. The number of ether oxygens (including phenoxy) is 3. The number of methoxy groups -OCH3 is 1. The van der Waals surface area contributed by atoms with Crippen molar-refractivity contribution < 1.29 is 24.3 Å². The van der Waals surface area contributed by atoms with E-state index in [2.05, 4.69) is 4.85 Å². The Hall–Kier alpha value is -2.37. The van der Waals surface area contributed by atoms with E-state index in [0.29, 0.717) is 28.2 Å². The Labute approximate surface area is 134 Å². The molecule has 0 heterocycles. The van der Waals surface area contributed by atoms with E-state index in [1.165, 1.54) is 7.11 Å². The molecule has 0 bridgehead atoms. The minimum Gasteiger partial charge on any atom is -0.457 e. The molecule has 118 valence electrons. The Morgan fingerprint density at radius 2 is 1.78 bits per heavy atom. The van der Waals surface area contributed by atoms with Gasteiger partial charge in [-0.1, -0.05) is 18.2 Å². The van der Waals surface area contributed by atoms with Gasteiger partial charge in [0.25, 0.3) is 0 Å². The van der Waals surface area contributed by atoms with Crippen LogP contribution in [0.15, 0.2) is 42.5 Å². The van der Waals surface area contributed by atoms with Gasteiger partial charge in [-0.2, -0.15) is 0 Å². The zero-order chi connectivity index (χ0) is 16.7. The van der Waals surface area contributed by atoms with E-state index in [4.69, 9.17) is 20.8 Å². The third-order valence-corrected chi connectivity index (χ3v) is 3.05. The first-order valence-corrected chi connectivity index (χ1v) is 6.85. The lowest BCUT2D eigenvalue weighted by molar-refractivity contribution is -0.0389. The van der Waals surface area contributed by atoms with Gasteiger partial charge in [0.2, 0.25) is 0 Å². The number of hydrogen-bond acceptors (Lipinski definition) is 5. The van der Waals surface area contributed by atoms with E-state index in [0.717, 1.165) is 0 Å². The SMILES string of the molecule is [C-]#[N+]c1ccc(Oc2ccc(B(O)O)c(COCOC)c2)cc1. The normalized spacial score (nSPS) is 10.2. The van der Waals surface area contributed by atoms with Crippen molar-refractivity contribution in [3.05, 3.63) is 59.4 Å². The van der Waals surface area contributed by atoms with Gasteiger partial charge in [0.1, 0.15) is 18.3 Å². The quantitative estimate of drug-likeness (QED) is 0.353. The highest BCUT2D eigenvalue weighted by Crippen LogP contribution is 2.24. The van der Waals surface area contributed by atoms with Gasteiger partial charge in [0, 0.05) is 7.11 Å². The summed E-state index contributed by atoms with van der Waals surface area (Å²) in [6.45, 7) is 7.18. The fourth-order valence-corrected chi connectivity index (χ4v) is 1.98. The van der Waals surface area contributed by atoms with Crippen LogP contribution in [-0.4, -0.2) is 31.1 Å². The van der Waals surface area contributed by atoms with Crippen molar-refractivity contribution >= 4 is 18.3 Å². The van der Waals surface area contributed by atoms with Crippen LogP contribution in [0.3, 0.4) is 0 Å². The molecule has 6 nitrogen and oxygen atoms in total. The average molecular weight is 313 g/mol. The lowest BCUT2D eigenvalue weighted by Crippen LogP contribution is -2.33. The van der Waals surface area contributed by atoms with Crippen LogP contribution in [0.4, 0.5) is 5.69 Å². The fourth-order valence-electron chi connectivity index (χ4n) is 1.98. The highest BCUT2D eigenvalue weighted by Gasteiger charge is 2.17. The largest absolute Gasteiger partial charge is 0.488 e. The first-order valence-electron chi connectivity index (χ1n) is 6.85. The molecule has 0 aliphatic heterocycles. The van der Waals surface area contributed by atoms with Crippen LogP contribution in [0.5, 0.6) is 11.5 Å². The summed E-state index contributed by atoms with van der Waals surface area (Å²) in [6, 6.07) is 11.6. The van der Waals surface area contributed by atoms with Gasteiger partial charge in [-0.15, -0.1) is 0 Å². The summed E-state index contributed by atoms with van der Waals surface area (Å²) >= 11 is 0. The maximum atomic E-state index is 9.40. The molecule has 2 aromatic rings. The smallest absolute Gasteiger partial charge is 0.457 e. The summed E-state index contributed by atoms with van der Waals surface area (Å²) in [4.78, 5) is 3.32. The van der Waals surface area contributed by atoms with Crippen LogP contribution in [-0.2, 0) is 16.1 Å². The minimum atomic E-state index is -1.59. The van der Waals surface area contributed by atoms with E-state index >= 15 is 0 Å². The van der Waals surface area contributed by atoms with E-state index < -0.39 is 7.12 Å². The molecule has 7 heteroatoms. The number of nitrogens with zero attached hydrogens (tertiary/aromatic N) is 1. The van der Waals surface area contributed by atoms with Crippen molar-refractivity contribution in [3.8, 4) is 11.5 Å². The maximum Gasteiger partial charge on any atom is 0.488 e. The van der Waals surface area contributed by atoms with Crippen LogP contribution >= 0.6 is 0 Å². The van der Waals surface area contributed by atoms with Crippen LogP contribution in [0, 0.1) is 6.57 Å². The molecular weight excluding hydrogens is 297 g/mol. The predicted molar refractivity (Wildman–Crippen MR) is 85.7 cm³/mol. The van der Waals surface area contributed by atoms with Gasteiger partial charge in [0.05, 0.1) is 13.2 Å². The van der Waals surface area contributed by atoms with Crippen LogP contribution in [0.25, 0.3) is 4.85 Å².